The van der Waals surface area contributed by atoms with Crippen molar-refractivity contribution in [1.29, 1.82) is 0 Å². The molecule has 0 spiro atoms. The van der Waals surface area contributed by atoms with E-state index in [-0.39, 0.29) is 37.1 Å². The fourth-order valence-corrected chi connectivity index (χ4v) is 5.55. The van der Waals surface area contributed by atoms with E-state index in [1.54, 1.807) is 14.0 Å². The Morgan fingerprint density at radius 2 is 1.76 bits per heavy atom. The summed E-state index contributed by atoms with van der Waals surface area (Å²) in [4.78, 5) is 30.3. The summed E-state index contributed by atoms with van der Waals surface area (Å²) in [5.41, 5.74) is -0.744. The van der Waals surface area contributed by atoms with Crippen LogP contribution in [0.1, 0.15) is 21.6 Å². The van der Waals surface area contributed by atoms with Crippen molar-refractivity contribution < 1.29 is 26.4 Å². The predicted octanol–water partition coefficient (Wildman–Crippen LogP) is 1.74. The molecule has 4 rings (SSSR count). The summed E-state index contributed by atoms with van der Waals surface area (Å²) in [6.45, 7) is 1.23. The highest BCUT2D eigenvalue weighted by atomic mass is 32.2. The lowest BCUT2D eigenvalue weighted by molar-refractivity contribution is -0.139. The van der Waals surface area contributed by atoms with Crippen molar-refractivity contribution in [2.24, 2.45) is 7.05 Å². The Morgan fingerprint density at radius 1 is 1.12 bits per heavy atom. The van der Waals surface area contributed by atoms with E-state index >= 15 is 0 Å². The number of benzene rings is 1. The van der Waals surface area contributed by atoms with Crippen LogP contribution in [0.5, 0.6) is 0 Å². The van der Waals surface area contributed by atoms with Crippen molar-refractivity contribution in [2.75, 3.05) is 26.2 Å². The molecule has 13 heteroatoms. The monoisotopic (exact) mass is 483 g/mol. The number of aromatic nitrogens is 3. The number of sulfonamides is 1. The van der Waals surface area contributed by atoms with E-state index in [1.165, 1.54) is 21.7 Å². The van der Waals surface area contributed by atoms with Gasteiger partial charge in [0, 0.05) is 38.9 Å². The Hall–Kier alpha value is -3.19. The van der Waals surface area contributed by atoms with Gasteiger partial charge in [0.25, 0.3) is 11.5 Å². The number of fused-ring (bicyclic) bond motifs is 1. The minimum Gasteiger partial charge on any atom is -0.336 e. The molecule has 2 aromatic heterocycles. The molecule has 3 aromatic rings. The molecule has 3 heterocycles. The van der Waals surface area contributed by atoms with Gasteiger partial charge in [-0.25, -0.2) is 13.4 Å². The number of hydrogen-bond donors (Lipinski definition) is 1. The summed E-state index contributed by atoms with van der Waals surface area (Å²) in [5, 5.41) is 2.68. The van der Waals surface area contributed by atoms with Crippen molar-refractivity contribution in [2.45, 2.75) is 18.0 Å². The third kappa shape index (κ3) is 4.02. The van der Waals surface area contributed by atoms with E-state index in [4.69, 9.17) is 0 Å². The van der Waals surface area contributed by atoms with Crippen LogP contribution in [0.3, 0.4) is 0 Å². The number of aromatic amines is 1. The van der Waals surface area contributed by atoms with Gasteiger partial charge in [0.15, 0.2) is 5.65 Å². The third-order valence-electron chi connectivity index (χ3n) is 5.51. The standard InChI is InChI=1S/C20H20F3N5O4S/c1-12-11-13(16-17(24-12)26(2)25-18(16)29)19(30)27-7-9-28(10-8-27)33(31,32)15-6-4-3-5-14(15)20(21,22)23/h3-6,11H,7-10H2,1-2H3,(H,25,29). The van der Waals surface area contributed by atoms with Crippen molar-refractivity contribution in [3.63, 3.8) is 0 Å². The van der Waals surface area contributed by atoms with Crippen LogP contribution in [-0.2, 0) is 23.2 Å². The number of pyridine rings is 1. The van der Waals surface area contributed by atoms with Gasteiger partial charge in [-0.05, 0) is 25.1 Å². The van der Waals surface area contributed by atoms with Gasteiger partial charge in [-0.15, -0.1) is 0 Å². The fourth-order valence-electron chi connectivity index (χ4n) is 3.92. The van der Waals surface area contributed by atoms with Crippen LogP contribution >= 0.6 is 0 Å². The lowest BCUT2D eigenvalue weighted by atomic mass is 10.1. The van der Waals surface area contributed by atoms with Gasteiger partial charge in [-0.1, -0.05) is 12.1 Å². The number of rotatable bonds is 3. The Balaban J connectivity index is 1.59. The van der Waals surface area contributed by atoms with E-state index < -0.39 is 38.1 Å². The molecule has 0 atom stereocenters. The maximum atomic E-state index is 13.3. The molecule has 1 saturated heterocycles. The average Bonchev–Trinajstić information content (AvgIpc) is 3.05. The average molecular weight is 483 g/mol. The summed E-state index contributed by atoms with van der Waals surface area (Å²) in [6.07, 6.45) is -4.82. The van der Waals surface area contributed by atoms with E-state index in [1.807, 2.05) is 0 Å². The van der Waals surface area contributed by atoms with Crippen molar-refractivity contribution in [3.05, 3.63) is 57.5 Å². The van der Waals surface area contributed by atoms with E-state index in [0.29, 0.717) is 11.3 Å². The number of H-pyrrole nitrogens is 1. The topological polar surface area (TPSA) is 108 Å². The minimum atomic E-state index is -4.82. The number of aryl methyl sites for hydroxylation is 2. The highest BCUT2D eigenvalue weighted by Gasteiger charge is 2.40. The summed E-state index contributed by atoms with van der Waals surface area (Å²) in [7, 11) is -2.84. The van der Waals surface area contributed by atoms with E-state index in [0.717, 1.165) is 22.5 Å². The minimum absolute atomic E-state index is 0.0418. The van der Waals surface area contributed by atoms with Gasteiger partial charge < -0.3 is 4.90 Å². The van der Waals surface area contributed by atoms with Gasteiger partial charge in [-0.3, -0.25) is 19.4 Å². The zero-order chi connectivity index (χ0) is 24.1. The Labute approximate surface area is 186 Å². The lowest BCUT2D eigenvalue weighted by Gasteiger charge is -2.34. The SMILES string of the molecule is Cc1cc(C(=O)N2CCN(S(=O)(=O)c3ccccc3C(F)(F)F)CC2)c2c(=O)[nH]n(C)c2n1. The van der Waals surface area contributed by atoms with Crippen LogP contribution in [-0.4, -0.2) is 64.5 Å². The molecule has 1 aliphatic rings. The number of carbonyl (C=O) groups is 1. The second-order valence-corrected chi connectivity index (χ2v) is 9.61. The van der Waals surface area contributed by atoms with Gasteiger partial charge in [0.1, 0.15) is 0 Å². The van der Waals surface area contributed by atoms with Gasteiger partial charge in [0.2, 0.25) is 10.0 Å². The van der Waals surface area contributed by atoms with Crippen molar-refractivity contribution in [1.82, 2.24) is 24.0 Å². The highest BCUT2D eigenvalue weighted by Crippen LogP contribution is 2.35. The number of amides is 1. The molecule has 0 aliphatic carbocycles. The van der Waals surface area contributed by atoms with Crippen LogP contribution in [0.15, 0.2) is 40.0 Å². The number of nitrogens with one attached hydrogen (secondary N) is 1. The van der Waals surface area contributed by atoms with E-state index in [9.17, 15) is 31.2 Å². The molecule has 0 unspecified atom stereocenters. The first-order chi connectivity index (χ1) is 15.4. The Kier molecular flexibility index (Phi) is 5.56. The smallest absolute Gasteiger partial charge is 0.336 e. The zero-order valence-corrected chi connectivity index (χ0v) is 18.5. The molecule has 1 aliphatic heterocycles. The van der Waals surface area contributed by atoms with Crippen LogP contribution in [0.2, 0.25) is 0 Å². The number of piperazine rings is 1. The van der Waals surface area contributed by atoms with Crippen LogP contribution in [0.25, 0.3) is 11.0 Å². The summed E-state index contributed by atoms with van der Waals surface area (Å²) in [6, 6.07) is 5.50. The fraction of sp³-hybridized carbons (Fsp3) is 0.350. The second kappa shape index (κ2) is 7.99. The molecule has 1 amide bonds. The molecule has 9 nitrogen and oxygen atoms in total. The zero-order valence-electron chi connectivity index (χ0n) is 17.7. The first-order valence-corrected chi connectivity index (χ1v) is 11.4. The van der Waals surface area contributed by atoms with E-state index in [2.05, 4.69) is 10.1 Å². The predicted molar refractivity (Wildman–Crippen MR) is 112 cm³/mol. The summed E-state index contributed by atoms with van der Waals surface area (Å²) < 4.78 is 68.2. The number of hydrogen-bond acceptors (Lipinski definition) is 5. The second-order valence-electron chi connectivity index (χ2n) is 7.70. The largest absolute Gasteiger partial charge is 0.417 e. The highest BCUT2D eigenvalue weighted by molar-refractivity contribution is 7.89. The Morgan fingerprint density at radius 3 is 2.39 bits per heavy atom. The van der Waals surface area contributed by atoms with Crippen LogP contribution in [0.4, 0.5) is 13.2 Å². The molecule has 33 heavy (non-hydrogen) atoms. The number of carbonyl (C=O) groups excluding carboxylic acids is 1. The normalized spacial score (nSPS) is 15.8. The lowest BCUT2D eigenvalue weighted by Crippen LogP contribution is -2.50. The molecular formula is C20H20F3N5O4S. The van der Waals surface area contributed by atoms with Gasteiger partial charge >= 0.3 is 6.18 Å². The molecular weight excluding hydrogens is 463 g/mol. The molecule has 0 bridgehead atoms. The molecule has 0 saturated carbocycles. The summed E-state index contributed by atoms with van der Waals surface area (Å²) in [5.74, 6) is -0.477. The molecule has 176 valence electrons. The van der Waals surface area contributed by atoms with Gasteiger partial charge in [0.05, 0.1) is 21.4 Å². The number of nitrogens with zero attached hydrogens (tertiary/aromatic N) is 4. The summed E-state index contributed by atoms with van der Waals surface area (Å²) >= 11 is 0. The third-order valence-corrected chi connectivity index (χ3v) is 7.47. The number of alkyl halides is 3. The van der Waals surface area contributed by atoms with Crippen LogP contribution in [0, 0.1) is 6.92 Å². The number of halogens is 3. The first-order valence-electron chi connectivity index (χ1n) is 9.93. The molecule has 0 radical (unpaired) electrons. The maximum absolute atomic E-state index is 13.3. The first kappa shape index (κ1) is 23.0. The Bertz CT molecular complexity index is 1400. The molecule has 1 aromatic carbocycles. The quantitative estimate of drug-likeness (QED) is 0.611. The van der Waals surface area contributed by atoms with Gasteiger partial charge in [-0.2, -0.15) is 17.5 Å². The van der Waals surface area contributed by atoms with Crippen molar-refractivity contribution >= 4 is 27.0 Å². The maximum Gasteiger partial charge on any atom is 0.417 e. The molecule has 1 N–H and O–H groups in total. The van der Waals surface area contributed by atoms with Crippen LogP contribution < -0.4 is 5.56 Å². The molecule has 1 fully saturated rings. The van der Waals surface area contributed by atoms with Crippen molar-refractivity contribution in [3.8, 4) is 0 Å².